The molecule has 0 amide bonds. The molecule has 1 aliphatic heterocycles. The Balaban J connectivity index is 2.88. The Morgan fingerprint density at radius 2 is 2.08 bits per heavy atom. The lowest BCUT2D eigenvalue weighted by Gasteiger charge is -1.91. The average molecular weight is 172 g/mol. The van der Waals surface area contributed by atoms with Gasteiger partial charge < -0.3 is 0 Å². The first-order valence-electron chi connectivity index (χ1n) is 4.21. The van der Waals surface area contributed by atoms with E-state index in [-0.39, 0.29) is 0 Å². The van der Waals surface area contributed by atoms with Crippen LogP contribution in [0.3, 0.4) is 0 Å². The van der Waals surface area contributed by atoms with Gasteiger partial charge in [-0.05, 0) is 31.6 Å². The molecule has 0 N–H and O–H groups in total. The third-order valence-electron chi connectivity index (χ3n) is 2.29. The largest absolute Gasteiger partial charge is 0.296 e. The summed E-state index contributed by atoms with van der Waals surface area (Å²) in [6.45, 7) is 3.96. The van der Waals surface area contributed by atoms with Gasteiger partial charge in [-0.2, -0.15) is 0 Å². The van der Waals surface area contributed by atoms with Crippen LogP contribution in [-0.2, 0) is 5.11 Å². The molecule has 2 rings (SSSR count). The minimum Gasteiger partial charge on any atom is -0.296 e. The Bertz CT molecular complexity index is 497. The van der Waals surface area contributed by atoms with Crippen LogP contribution in [0.25, 0.3) is 5.57 Å². The molecule has 0 unspecified atom stereocenters. The van der Waals surface area contributed by atoms with Gasteiger partial charge in [0.25, 0.3) is 0 Å². The van der Waals surface area contributed by atoms with Crippen molar-refractivity contribution in [2.24, 2.45) is 4.99 Å². The van der Waals surface area contributed by atoms with E-state index in [2.05, 4.69) is 11.1 Å². The van der Waals surface area contributed by atoms with Crippen molar-refractivity contribution in [3.63, 3.8) is 0 Å². The van der Waals surface area contributed by atoms with Crippen molar-refractivity contribution >= 4 is 5.57 Å². The predicted octanol–water partition coefficient (Wildman–Crippen LogP) is 1.07. The van der Waals surface area contributed by atoms with Gasteiger partial charge in [0.1, 0.15) is 5.70 Å². The van der Waals surface area contributed by atoms with Crippen LogP contribution in [0.5, 0.6) is 0 Å². The lowest BCUT2D eigenvalue weighted by Crippen LogP contribution is -2.22. The highest BCUT2D eigenvalue weighted by Gasteiger charge is 2.08. The third kappa shape index (κ3) is 1.15. The third-order valence-corrected chi connectivity index (χ3v) is 2.29. The summed E-state index contributed by atoms with van der Waals surface area (Å²) < 4.78 is 0. The fraction of sp³-hybridized carbons (Fsp3) is 0.182. The quantitative estimate of drug-likeness (QED) is 0.524. The summed E-state index contributed by atoms with van der Waals surface area (Å²) in [5.74, 6) is 0. The first-order valence-corrected chi connectivity index (χ1v) is 4.21. The molecule has 0 bridgehead atoms. The minimum atomic E-state index is 0.556. The molecular weight excluding hydrogens is 162 g/mol. The first-order chi connectivity index (χ1) is 6.22. The van der Waals surface area contributed by atoms with Crippen LogP contribution >= 0.6 is 0 Å². The van der Waals surface area contributed by atoms with Crippen LogP contribution in [0.4, 0.5) is 0 Å². The molecular formula is C11H10NO. The molecule has 0 atom stereocenters. The van der Waals surface area contributed by atoms with E-state index < -0.39 is 0 Å². The maximum absolute atomic E-state index is 10.6. The van der Waals surface area contributed by atoms with Crippen LogP contribution in [0.1, 0.15) is 12.5 Å². The van der Waals surface area contributed by atoms with E-state index in [1.165, 1.54) is 5.56 Å². The van der Waals surface area contributed by atoms with Gasteiger partial charge in [-0.25, -0.2) is 4.99 Å². The molecule has 1 aromatic rings. The van der Waals surface area contributed by atoms with E-state index in [9.17, 15) is 5.11 Å². The summed E-state index contributed by atoms with van der Waals surface area (Å²) >= 11 is 0. The molecule has 65 valence electrons. The van der Waals surface area contributed by atoms with Crippen molar-refractivity contribution in [3.8, 4) is 0 Å². The Morgan fingerprint density at radius 3 is 2.77 bits per heavy atom. The Kier molecular flexibility index (Phi) is 1.69. The Morgan fingerprint density at radius 1 is 1.31 bits per heavy atom. The first kappa shape index (κ1) is 8.05. The highest BCUT2D eigenvalue weighted by atomic mass is 16.2. The summed E-state index contributed by atoms with van der Waals surface area (Å²) in [6, 6.07) is 6.01. The number of hydrogen-bond acceptors (Lipinski definition) is 1. The van der Waals surface area contributed by atoms with Crippen molar-refractivity contribution in [1.29, 1.82) is 0 Å². The van der Waals surface area contributed by atoms with Crippen LogP contribution in [0.2, 0.25) is 0 Å². The number of benzene rings is 1. The molecule has 0 aliphatic carbocycles. The maximum atomic E-state index is 10.6. The number of nitrogens with zero attached hydrogens (tertiary/aromatic N) is 1. The maximum Gasteiger partial charge on any atom is 0.168 e. The van der Waals surface area contributed by atoms with Gasteiger partial charge in [-0.3, -0.25) is 5.11 Å². The number of rotatable bonds is 0. The van der Waals surface area contributed by atoms with Crippen molar-refractivity contribution in [2.75, 3.05) is 0 Å². The fourth-order valence-electron chi connectivity index (χ4n) is 1.51. The Hall–Kier alpha value is -1.57. The van der Waals surface area contributed by atoms with Crippen LogP contribution in [0, 0.1) is 6.92 Å². The molecule has 1 radical (unpaired) electrons. The zero-order valence-corrected chi connectivity index (χ0v) is 7.66. The van der Waals surface area contributed by atoms with Crippen molar-refractivity contribution in [3.05, 3.63) is 46.3 Å². The van der Waals surface area contributed by atoms with Gasteiger partial charge in [0.2, 0.25) is 0 Å². The van der Waals surface area contributed by atoms with E-state index in [1.54, 1.807) is 0 Å². The second kappa shape index (κ2) is 2.73. The van der Waals surface area contributed by atoms with Gasteiger partial charge in [0, 0.05) is 5.22 Å². The number of hydrogen-bond donors (Lipinski definition) is 0. The monoisotopic (exact) mass is 172 g/mol. The number of fused-ring (bicyclic) bond motifs is 1. The molecule has 1 aromatic carbocycles. The topological polar surface area (TPSA) is 32.3 Å². The van der Waals surface area contributed by atoms with Crippen LogP contribution in [-0.4, -0.2) is 0 Å². The molecule has 0 saturated carbocycles. The molecule has 1 heterocycles. The summed E-state index contributed by atoms with van der Waals surface area (Å²) in [6.07, 6.45) is 0.810. The molecule has 2 heteroatoms. The van der Waals surface area contributed by atoms with Gasteiger partial charge in [-0.15, -0.1) is 0 Å². The number of allylic oxidation sites excluding steroid dienone is 1. The van der Waals surface area contributed by atoms with Crippen LogP contribution < -0.4 is 10.6 Å². The SMILES string of the molecule is CC1=c2cc(C)ccc2=NC1=C[O]. The summed E-state index contributed by atoms with van der Waals surface area (Å²) in [7, 11) is 0. The van der Waals surface area contributed by atoms with Gasteiger partial charge in [0.05, 0.1) is 5.36 Å². The van der Waals surface area contributed by atoms with E-state index in [4.69, 9.17) is 0 Å². The smallest absolute Gasteiger partial charge is 0.168 e. The molecule has 0 fully saturated rings. The van der Waals surface area contributed by atoms with E-state index >= 15 is 0 Å². The van der Waals surface area contributed by atoms with Gasteiger partial charge in [0.15, 0.2) is 6.26 Å². The van der Waals surface area contributed by atoms with Crippen LogP contribution in [0.15, 0.2) is 35.2 Å². The minimum absolute atomic E-state index is 0.556. The van der Waals surface area contributed by atoms with E-state index in [1.807, 2.05) is 26.0 Å². The Labute approximate surface area is 76.6 Å². The van der Waals surface area contributed by atoms with E-state index in [0.29, 0.717) is 5.70 Å². The highest BCUT2D eigenvalue weighted by molar-refractivity contribution is 5.63. The molecule has 0 aromatic heterocycles. The van der Waals surface area contributed by atoms with Gasteiger partial charge in [-0.1, -0.05) is 11.6 Å². The van der Waals surface area contributed by atoms with Gasteiger partial charge >= 0.3 is 0 Å². The lowest BCUT2D eigenvalue weighted by molar-refractivity contribution is 0.348. The van der Waals surface area contributed by atoms with Crippen molar-refractivity contribution < 1.29 is 5.11 Å². The molecule has 0 spiro atoms. The normalized spacial score (nSPS) is 17.4. The highest BCUT2D eigenvalue weighted by Crippen LogP contribution is 2.11. The standard InChI is InChI=1S/C11H10NO/c1-7-3-4-10-9(5-7)8(2)11(6-13)12-10/h3-6H,1-2H3. The molecule has 0 saturated heterocycles. The second-order valence-corrected chi connectivity index (χ2v) is 3.26. The summed E-state index contributed by atoms with van der Waals surface area (Å²) in [4.78, 5) is 4.20. The summed E-state index contributed by atoms with van der Waals surface area (Å²) in [5.41, 5.74) is 2.73. The van der Waals surface area contributed by atoms with Crippen molar-refractivity contribution in [1.82, 2.24) is 0 Å². The molecule has 1 aliphatic rings. The summed E-state index contributed by atoms with van der Waals surface area (Å²) in [5, 5.41) is 12.6. The zero-order valence-electron chi connectivity index (χ0n) is 7.66. The average Bonchev–Trinajstić information content (AvgIpc) is 2.44. The molecule has 13 heavy (non-hydrogen) atoms. The van der Waals surface area contributed by atoms with E-state index in [0.717, 1.165) is 22.4 Å². The zero-order chi connectivity index (χ0) is 9.42. The lowest BCUT2D eigenvalue weighted by atomic mass is 10.1. The number of aryl methyl sites for hydroxylation is 1. The second-order valence-electron chi connectivity index (χ2n) is 3.26. The fourth-order valence-corrected chi connectivity index (χ4v) is 1.51. The predicted molar refractivity (Wildman–Crippen MR) is 49.8 cm³/mol. The van der Waals surface area contributed by atoms with Crippen molar-refractivity contribution in [2.45, 2.75) is 13.8 Å². The molecule has 2 nitrogen and oxygen atoms in total.